The van der Waals surface area contributed by atoms with Gasteiger partial charge < -0.3 is 15.3 Å². The van der Waals surface area contributed by atoms with Crippen LogP contribution in [-0.4, -0.2) is 37.9 Å². The number of benzene rings is 1. The molecule has 1 aromatic rings. The van der Waals surface area contributed by atoms with Crippen molar-refractivity contribution in [3.05, 3.63) is 29.3 Å². The number of hydrogen-bond acceptors (Lipinski definition) is 3. The number of hydrogen-bond donors (Lipinski definition) is 2. The van der Waals surface area contributed by atoms with Gasteiger partial charge in [0, 0.05) is 25.8 Å². The molecule has 0 bridgehead atoms. The van der Waals surface area contributed by atoms with Crippen LogP contribution in [-0.2, 0) is 0 Å². The number of aliphatic hydroxyl groups excluding tert-OH is 1. The van der Waals surface area contributed by atoms with Crippen LogP contribution in [0.1, 0.15) is 25.0 Å². The normalized spacial score (nSPS) is 12.8. The zero-order chi connectivity index (χ0) is 14.4. The number of anilines is 1. The van der Waals surface area contributed by atoms with Crippen LogP contribution >= 0.6 is 0 Å². The number of nitrogens with one attached hydrogen (secondary N) is 1. The zero-order valence-electron chi connectivity index (χ0n) is 12.9. The summed E-state index contributed by atoms with van der Waals surface area (Å²) in [5.41, 5.74) is 3.68. The molecular weight excluding hydrogens is 236 g/mol. The molecule has 1 rings (SSSR count). The van der Waals surface area contributed by atoms with Crippen molar-refractivity contribution in [1.29, 1.82) is 0 Å². The first kappa shape index (κ1) is 16.0. The van der Waals surface area contributed by atoms with Gasteiger partial charge in [0.1, 0.15) is 0 Å². The first-order valence-electron chi connectivity index (χ1n) is 7.06. The molecular formula is C16H28N2O. The van der Waals surface area contributed by atoms with Gasteiger partial charge in [-0.3, -0.25) is 0 Å². The maximum Gasteiger partial charge on any atom is 0.0839 e. The van der Waals surface area contributed by atoms with Gasteiger partial charge in [0.05, 0.1) is 6.10 Å². The third-order valence-corrected chi connectivity index (χ3v) is 3.06. The van der Waals surface area contributed by atoms with Crippen molar-refractivity contribution < 1.29 is 5.11 Å². The van der Waals surface area contributed by atoms with Crippen molar-refractivity contribution in [3.8, 4) is 0 Å². The van der Waals surface area contributed by atoms with E-state index in [-0.39, 0.29) is 6.10 Å². The lowest BCUT2D eigenvalue weighted by Gasteiger charge is -2.24. The molecule has 0 saturated carbocycles. The highest BCUT2D eigenvalue weighted by molar-refractivity contribution is 5.50. The minimum atomic E-state index is -0.343. The molecule has 0 saturated heterocycles. The van der Waals surface area contributed by atoms with Gasteiger partial charge in [-0.1, -0.05) is 19.9 Å². The Hall–Kier alpha value is -1.06. The molecule has 1 atom stereocenters. The van der Waals surface area contributed by atoms with E-state index >= 15 is 0 Å². The zero-order valence-corrected chi connectivity index (χ0v) is 12.9. The smallest absolute Gasteiger partial charge is 0.0839 e. The summed E-state index contributed by atoms with van der Waals surface area (Å²) in [5.74, 6) is 0.615. The van der Waals surface area contributed by atoms with Crippen molar-refractivity contribution in [2.45, 2.75) is 33.8 Å². The molecule has 3 nitrogen and oxygen atoms in total. The molecule has 0 heterocycles. The number of aryl methyl sites for hydroxylation is 2. The maximum absolute atomic E-state index is 10.0. The van der Waals surface area contributed by atoms with Gasteiger partial charge >= 0.3 is 0 Å². The molecule has 3 heteroatoms. The summed E-state index contributed by atoms with van der Waals surface area (Å²) < 4.78 is 0. The highest BCUT2D eigenvalue weighted by Crippen LogP contribution is 2.17. The topological polar surface area (TPSA) is 35.5 Å². The minimum absolute atomic E-state index is 0.343. The van der Waals surface area contributed by atoms with Gasteiger partial charge in [-0.05, 0) is 49.6 Å². The lowest BCUT2D eigenvalue weighted by molar-refractivity contribution is 0.177. The second-order valence-electron chi connectivity index (χ2n) is 5.93. The number of rotatable bonds is 7. The molecule has 1 aromatic carbocycles. The molecule has 2 N–H and O–H groups in total. The van der Waals surface area contributed by atoms with Crippen molar-refractivity contribution in [2.75, 3.05) is 31.6 Å². The average Bonchev–Trinajstić information content (AvgIpc) is 2.26. The predicted molar refractivity (Wildman–Crippen MR) is 82.9 cm³/mol. The molecule has 0 radical (unpaired) electrons. The molecule has 0 aromatic heterocycles. The molecule has 0 aliphatic carbocycles. The third-order valence-electron chi connectivity index (χ3n) is 3.06. The first-order chi connectivity index (χ1) is 8.88. The minimum Gasteiger partial charge on any atom is -0.390 e. The Morgan fingerprint density at radius 3 is 2.21 bits per heavy atom. The van der Waals surface area contributed by atoms with Gasteiger partial charge in [0.15, 0.2) is 0 Å². The van der Waals surface area contributed by atoms with Crippen molar-refractivity contribution >= 4 is 5.69 Å². The van der Waals surface area contributed by atoms with Crippen LogP contribution in [0.3, 0.4) is 0 Å². The third kappa shape index (κ3) is 6.08. The summed E-state index contributed by atoms with van der Waals surface area (Å²) in [5, 5.41) is 13.3. The molecule has 0 amide bonds. The Morgan fingerprint density at radius 1 is 1.11 bits per heavy atom. The summed E-state index contributed by atoms with van der Waals surface area (Å²) in [6.45, 7) is 10.8. The molecule has 1 unspecified atom stereocenters. The summed E-state index contributed by atoms with van der Waals surface area (Å²) in [4.78, 5) is 2.11. The maximum atomic E-state index is 10.0. The van der Waals surface area contributed by atoms with Crippen LogP contribution in [0.15, 0.2) is 18.2 Å². The molecule has 108 valence electrons. The van der Waals surface area contributed by atoms with Gasteiger partial charge in [-0.2, -0.15) is 0 Å². The molecule has 0 aliphatic heterocycles. The molecule has 19 heavy (non-hydrogen) atoms. The monoisotopic (exact) mass is 264 g/mol. The largest absolute Gasteiger partial charge is 0.390 e. The molecule has 0 spiro atoms. The number of aliphatic hydroxyl groups is 1. The standard InChI is InChI=1S/C16H28N2O/c1-12(2)9-17-10-16(19)11-18(5)15-7-13(3)6-14(4)8-15/h6-8,12,16-17,19H,9-11H2,1-5H3. The lowest BCUT2D eigenvalue weighted by atomic mass is 10.1. The average molecular weight is 264 g/mol. The fourth-order valence-electron chi connectivity index (χ4n) is 2.20. The van der Waals surface area contributed by atoms with Gasteiger partial charge in [-0.25, -0.2) is 0 Å². The first-order valence-corrected chi connectivity index (χ1v) is 7.06. The fourth-order valence-corrected chi connectivity index (χ4v) is 2.20. The second-order valence-corrected chi connectivity index (χ2v) is 5.93. The summed E-state index contributed by atoms with van der Waals surface area (Å²) in [7, 11) is 2.03. The number of nitrogens with zero attached hydrogens (tertiary/aromatic N) is 1. The van der Waals surface area contributed by atoms with E-state index in [0.29, 0.717) is 19.0 Å². The van der Waals surface area contributed by atoms with E-state index in [0.717, 1.165) is 6.54 Å². The van der Waals surface area contributed by atoms with E-state index in [1.807, 2.05) is 7.05 Å². The quantitative estimate of drug-likeness (QED) is 0.793. The SMILES string of the molecule is Cc1cc(C)cc(N(C)CC(O)CNCC(C)C)c1. The Balaban J connectivity index is 2.47. The molecule has 0 aliphatic rings. The summed E-state index contributed by atoms with van der Waals surface area (Å²) in [6, 6.07) is 6.47. The van der Waals surface area contributed by atoms with E-state index in [4.69, 9.17) is 0 Å². The summed E-state index contributed by atoms with van der Waals surface area (Å²) >= 11 is 0. The van der Waals surface area contributed by atoms with Crippen LogP contribution in [0.5, 0.6) is 0 Å². The Morgan fingerprint density at radius 2 is 1.68 bits per heavy atom. The van der Waals surface area contributed by atoms with Crippen LogP contribution in [0, 0.1) is 19.8 Å². The highest BCUT2D eigenvalue weighted by atomic mass is 16.3. The van der Waals surface area contributed by atoms with Crippen LogP contribution < -0.4 is 10.2 Å². The van der Waals surface area contributed by atoms with Crippen LogP contribution in [0.2, 0.25) is 0 Å². The molecule has 0 fully saturated rings. The highest BCUT2D eigenvalue weighted by Gasteiger charge is 2.09. The van der Waals surface area contributed by atoms with Gasteiger partial charge in [0.2, 0.25) is 0 Å². The van der Waals surface area contributed by atoms with E-state index < -0.39 is 0 Å². The van der Waals surface area contributed by atoms with Gasteiger partial charge in [-0.15, -0.1) is 0 Å². The van der Waals surface area contributed by atoms with E-state index in [1.165, 1.54) is 16.8 Å². The van der Waals surface area contributed by atoms with Crippen LogP contribution in [0.4, 0.5) is 5.69 Å². The number of likely N-dealkylation sites (N-methyl/N-ethyl adjacent to an activating group) is 1. The van der Waals surface area contributed by atoms with Crippen LogP contribution in [0.25, 0.3) is 0 Å². The lowest BCUT2D eigenvalue weighted by Crippen LogP contribution is -2.37. The van der Waals surface area contributed by atoms with E-state index in [9.17, 15) is 5.11 Å². The van der Waals surface area contributed by atoms with Crippen molar-refractivity contribution in [2.24, 2.45) is 5.92 Å². The van der Waals surface area contributed by atoms with E-state index in [1.54, 1.807) is 0 Å². The van der Waals surface area contributed by atoms with Gasteiger partial charge in [0.25, 0.3) is 0 Å². The summed E-state index contributed by atoms with van der Waals surface area (Å²) in [6.07, 6.45) is -0.343. The van der Waals surface area contributed by atoms with Crippen molar-refractivity contribution in [1.82, 2.24) is 5.32 Å². The van der Waals surface area contributed by atoms with E-state index in [2.05, 4.69) is 56.1 Å². The Kier molecular flexibility index (Phi) is 6.32. The predicted octanol–water partition coefficient (Wildman–Crippen LogP) is 2.35. The Labute approximate surface area is 117 Å². The van der Waals surface area contributed by atoms with Crippen molar-refractivity contribution in [3.63, 3.8) is 0 Å². The second kappa shape index (κ2) is 7.51. The Bertz CT molecular complexity index is 370. The fraction of sp³-hybridized carbons (Fsp3) is 0.625.